The van der Waals surface area contributed by atoms with Gasteiger partial charge in [0.2, 0.25) is 5.82 Å². The van der Waals surface area contributed by atoms with Crippen LogP contribution in [0.15, 0.2) is 79.4 Å². The molecule has 5 aromatic rings. The number of aliphatic carboxylic acids is 1. The van der Waals surface area contributed by atoms with Crippen LogP contribution in [-0.4, -0.2) is 99.6 Å². The van der Waals surface area contributed by atoms with Gasteiger partial charge < -0.3 is 41.4 Å². The summed E-state index contributed by atoms with van der Waals surface area (Å²) in [5.74, 6) is -2.91. The molecular formula is C34H38F3N9O6. The van der Waals surface area contributed by atoms with E-state index in [2.05, 4.69) is 54.9 Å². The molecule has 0 spiro atoms. The van der Waals surface area contributed by atoms with Crippen LogP contribution in [0.5, 0.6) is 0 Å². The minimum absolute atomic E-state index is 0.0215. The molecule has 18 heteroatoms. The predicted octanol–water partition coefficient (Wildman–Crippen LogP) is 2.38. The lowest BCUT2D eigenvalue weighted by molar-refractivity contribution is -0.192. The molecule has 52 heavy (non-hydrogen) atoms. The van der Waals surface area contributed by atoms with Crippen LogP contribution in [0, 0.1) is 0 Å². The number of hydrogen-bond acceptors (Lipinski definition) is 11. The zero-order valence-electron chi connectivity index (χ0n) is 27.6. The molecule has 1 fully saturated rings. The average Bonchev–Trinajstić information content (AvgIpc) is 3.87. The number of aliphatic hydroxyl groups is 3. The number of carbonyl (C=O) groups excluding carboxylic acids is 1. The van der Waals surface area contributed by atoms with E-state index in [0.717, 1.165) is 11.1 Å². The number of aliphatic hydroxyl groups excluding tert-OH is 3. The lowest BCUT2D eigenvalue weighted by Gasteiger charge is -2.20. The fourth-order valence-corrected chi connectivity index (χ4v) is 5.93. The number of anilines is 1. The molecule has 0 unspecified atom stereocenters. The number of nitrogens with two attached hydrogens (primary N) is 1. The smallest absolute Gasteiger partial charge is 0.475 e. The van der Waals surface area contributed by atoms with E-state index in [0.29, 0.717) is 55.0 Å². The summed E-state index contributed by atoms with van der Waals surface area (Å²) in [6, 6.07) is 19.1. The number of benzene rings is 2. The number of amides is 1. The van der Waals surface area contributed by atoms with Crippen molar-refractivity contribution in [1.29, 1.82) is 0 Å². The number of nitrogens with zero attached hydrogens (tertiary/aromatic N) is 6. The Morgan fingerprint density at radius 2 is 1.60 bits per heavy atom. The minimum Gasteiger partial charge on any atom is -0.475 e. The lowest BCUT2D eigenvalue weighted by Crippen LogP contribution is -2.31. The summed E-state index contributed by atoms with van der Waals surface area (Å²) in [6.45, 7) is 1.08. The normalized spacial score (nSPS) is 18.6. The first-order chi connectivity index (χ1) is 24.9. The molecule has 4 atom stereocenters. The van der Waals surface area contributed by atoms with Gasteiger partial charge in [-0.3, -0.25) is 9.48 Å². The van der Waals surface area contributed by atoms with Crippen molar-refractivity contribution in [3.05, 3.63) is 102 Å². The molecule has 0 saturated heterocycles. The van der Waals surface area contributed by atoms with E-state index in [-0.39, 0.29) is 18.3 Å². The number of carbonyl (C=O) groups is 2. The quantitative estimate of drug-likeness (QED) is 0.0921. The number of rotatable bonds is 12. The number of carboxylic acids is 1. The van der Waals surface area contributed by atoms with Gasteiger partial charge in [0.25, 0.3) is 5.91 Å². The van der Waals surface area contributed by atoms with Gasteiger partial charge in [0.05, 0.1) is 31.2 Å². The van der Waals surface area contributed by atoms with Crippen molar-refractivity contribution >= 4 is 28.9 Å². The predicted molar refractivity (Wildman–Crippen MR) is 181 cm³/mol. The molecule has 8 N–H and O–H groups in total. The maximum Gasteiger partial charge on any atom is 0.490 e. The molecule has 0 radical (unpaired) electrons. The fraction of sp³-hybridized carbons (Fsp3) is 0.353. The van der Waals surface area contributed by atoms with Crippen LogP contribution in [0.4, 0.5) is 19.0 Å². The summed E-state index contributed by atoms with van der Waals surface area (Å²) in [4.78, 5) is 35.9. The second kappa shape index (κ2) is 16.7. The van der Waals surface area contributed by atoms with Crippen LogP contribution >= 0.6 is 0 Å². The molecule has 0 aliphatic heterocycles. The highest BCUT2D eigenvalue weighted by Crippen LogP contribution is 2.40. The van der Waals surface area contributed by atoms with E-state index in [1.807, 2.05) is 36.4 Å². The Labute approximate surface area is 295 Å². The first kappa shape index (κ1) is 37.8. The Morgan fingerprint density at radius 1 is 0.981 bits per heavy atom. The van der Waals surface area contributed by atoms with Gasteiger partial charge in [-0.25, -0.2) is 19.7 Å². The first-order valence-electron chi connectivity index (χ1n) is 16.3. The van der Waals surface area contributed by atoms with Crippen molar-refractivity contribution in [1.82, 2.24) is 34.6 Å². The summed E-state index contributed by atoms with van der Waals surface area (Å²) >= 11 is 0. The molecule has 276 valence electrons. The number of fused-ring (bicyclic) bond motifs is 1. The number of nitrogens with one attached hydrogen (secondary N) is 2. The van der Waals surface area contributed by atoms with Crippen LogP contribution in [0.1, 0.15) is 58.2 Å². The number of hydrogen-bond donors (Lipinski definition) is 7. The van der Waals surface area contributed by atoms with Gasteiger partial charge in [-0.15, -0.1) is 0 Å². The van der Waals surface area contributed by atoms with E-state index in [9.17, 15) is 33.3 Å². The van der Waals surface area contributed by atoms with Crippen molar-refractivity contribution < 1.29 is 43.2 Å². The van der Waals surface area contributed by atoms with Crippen LogP contribution in [0.3, 0.4) is 0 Å². The van der Waals surface area contributed by atoms with E-state index < -0.39 is 42.3 Å². The van der Waals surface area contributed by atoms with Crippen molar-refractivity contribution in [2.24, 2.45) is 5.73 Å². The van der Waals surface area contributed by atoms with Gasteiger partial charge in [0.1, 0.15) is 17.7 Å². The monoisotopic (exact) mass is 725 g/mol. The topological polar surface area (TPSA) is 227 Å². The van der Waals surface area contributed by atoms with Crippen molar-refractivity contribution in [2.45, 2.75) is 55.8 Å². The summed E-state index contributed by atoms with van der Waals surface area (Å²) in [6.07, 6.45) is -1.73. The number of imidazole rings is 1. The second-order valence-corrected chi connectivity index (χ2v) is 12.0. The highest BCUT2D eigenvalue weighted by atomic mass is 19.4. The first-order valence-corrected chi connectivity index (χ1v) is 16.3. The van der Waals surface area contributed by atoms with Gasteiger partial charge in [-0.2, -0.15) is 18.3 Å². The van der Waals surface area contributed by atoms with E-state index >= 15 is 0 Å². The van der Waals surface area contributed by atoms with Crippen molar-refractivity contribution in [3.63, 3.8) is 0 Å². The van der Waals surface area contributed by atoms with Gasteiger partial charge in [-0.05, 0) is 30.5 Å². The Bertz CT molecular complexity index is 1900. The molecule has 6 rings (SSSR count). The lowest BCUT2D eigenvalue weighted by atomic mass is 9.91. The zero-order valence-corrected chi connectivity index (χ0v) is 27.6. The van der Waals surface area contributed by atoms with Crippen LogP contribution < -0.4 is 16.4 Å². The fourth-order valence-electron chi connectivity index (χ4n) is 5.93. The number of carboxylic acid groups (broad SMARTS) is 1. The number of aromatic nitrogens is 6. The second-order valence-electron chi connectivity index (χ2n) is 12.0. The largest absolute Gasteiger partial charge is 0.490 e. The number of alkyl halides is 3. The number of halogens is 3. The molecule has 1 aliphatic rings. The van der Waals surface area contributed by atoms with Gasteiger partial charge in [-0.1, -0.05) is 60.7 Å². The van der Waals surface area contributed by atoms with E-state index in [4.69, 9.17) is 15.6 Å². The Hall–Kier alpha value is -5.43. The third kappa shape index (κ3) is 8.71. The van der Waals surface area contributed by atoms with Gasteiger partial charge >= 0.3 is 12.1 Å². The summed E-state index contributed by atoms with van der Waals surface area (Å²) in [5, 5.41) is 49.3. The van der Waals surface area contributed by atoms with E-state index in [1.165, 1.54) is 6.20 Å². The molecule has 2 aromatic carbocycles. The average molecular weight is 726 g/mol. The molecule has 1 aliphatic carbocycles. The van der Waals surface area contributed by atoms with Crippen LogP contribution in [0.2, 0.25) is 0 Å². The van der Waals surface area contributed by atoms with Crippen LogP contribution in [0.25, 0.3) is 11.2 Å². The molecule has 3 heterocycles. The van der Waals surface area contributed by atoms with E-state index in [1.54, 1.807) is 21.8 Å². The highest BCUT2D eigenvalue weighted by Gasteiger charge is 2.44. The van der Waals surface area contributed by atoms with Crippen molar-refractivity contribution in [3.8, 4) is 0 Å². The Balaban J connectivity index is 0.000000679. The third-order valence-electron chi connectivity index (χ3n) is 8.57. The Morgan fingerprint density at radius 3 is 2.15 bits per heavy atom. The summed E-state index contributed by atoms with van der Waals surface area (Å²) in [7, 11) is 0. The zero-order chi connectivity index (χ0) is 37.4. The maximum absolute atomic E-state index is 13.2. The molecule has 15 nitrogen and oxygen atoms in total. The molecule has 1 amide bonds. The summed E-state index contributed by atoms with van der Waals surface area (Å²) < 4.78 is 35.0. The molecule has 0 bridgehead atoms. The van der Waals surface area contributed by atoms with Gasteiger partial charge in [0, 0.05) is 30.8 Å². The minimum atomic E-state index is -5.08. The highest BCUT2D eigenvalue weighted by molar-refractivity contribution is 5.94. The van der Waals surface area contributed by atoms with Crippen molar-refractivity contribution in [2.75, 3.05) is 25.0 Å². The Kier molecular flexibility index (Phi) is 12.2. The van der Waals surface area contributed by atoms with Gasteiger partial charge in [0.15, 0.2) is 11.5 Å². The van der Waals surface area contributed by atoms with Crippen LogP contribution in [-0.2, 0) is 11.4 Å². The SMILES string of the molecule is NCCCNC(=O)c1nc(NCC(c2ccccc2)c2ccccc2)c2ncn([C@@H]3C[C@H](n4cc(CO)cn4)[C@@H](O)[C@H]3O)c2n1.O=C(O)C(F)(F)F. The molecule has 3 aromatic heterocycles. The summed E-state index contributed by atoms with van der Waals surface area (Å²) in [5.41, 5.74) is 9.22. The standard InChI is InChI=1S/C32H37N9O4.C2HF3O2/c33-12-7-13-34-32(45)30-38-29(35-16-23(21-8-3-1-4-9-21)22-10-5-2-6-11-22)26-31(39-30)40(19-36-26)24-14-25(28(44)27(24)43)41-17-20(18-42)15-37-41;3-2(4,5)1(6)7/h1-6,8-11,15,17,19,23-25,27-28,42-44H,7,12-14,16,18,33H2,(H,34,45)(H,35,38,39);(H,6,7)/t24-,25+,27+,28-;/m1./s1. The molecular weight excluding hydrogens is 687 g/mol. The maximum atomic E-state index is 13.2. The third-order valence-corrected chi connectivity index (χ3v) is 8.57. The molecule has 1 saturated carbocycles.